The van der Waals surface area contributed by atoms with Crippen LogP contribution >= 0.6 is 0 Å². The van der Waals surface area contributed by atoms with Crippen LogP contribution in [-0.2, 0) is 9.53 Å². The Morgan fingerprint density at radius 2 is 1.96 bits per heavy atom. The smallest absolute Gasteiger partial charge is 0.305 e. The highest BCUT2D eigenvalue weighted by Gasteiger charge is 2.12. The molecule has 0 aliphatic heterocycles. The van der Waals surface area contributed by atoms with Crippen LogP contribution in [0.4, 0.5) is 0 Å². The molecule has 1 aromatic carbocycles. The van der Waals surface area contributed by atoms with Crippen molar-refractivity contribution in [2.45, 2.75) is 38.5 Å². The molecule has 0 aliphatic rings. The molecule has 1 heterocycles. The highest BCUT2D eigenvalue weighted by Crippen LogP contribution is 2.19. The highest BCUT2D eigenvalue weighted by atomic mass is 16.5. The molecule has 0 saturated heterocycles. The van der Waals surface area contributed by atoms with Crippen LogP contribution in [0.15, 0.2) is 24.4 Å². The zero-order valence-electron chi connectivity index (χ0n) is 14.4. The van der Waals surface area contributed by atoms with Crippen LogP contribution in [0.3, 0.4) is 0 Å². The number of ether oxygens (including phenoxy) is 1. The van der Waals surface area contributed by atoms with Gasteiger partial charge in [-0.2, -0.15) is 5.26 Å². The molecule has 6 nitrogen and oxygen atoms in total. The van der Waals surface area contributed by atoms with Gasteiger partial charge in [-0.15, -0.1) is 0 Å². The van der Waals surface area contributed by atoms with Crippen molar-refractivity contribution in [3.8, 4) is 6.07 Å². The van der Waals surface area contributed by atoms with Crippen molar-refractivity contribution in [1.82, 2.24) is 10.3 Å². The number of unbranched alkanes of at least 4 members (excludes halogenated alkanes) is 4. The van der Waals surface area contributed by atoms with E-state index in [1.54, 1.807) is 24.4 Å². The molecule has 25 heavy (non-hydrogen) atoms. The van der Waals surface area contributed by atoms with Crippen LogP contribution in [0.5, 0.6) is 0 Å². The van der Waals surface area contributed by atoms with Crippen LogP contribution in [0, 0.1) is 11.3 Å². The molecular weight excluding hydrogens is 318 g/mol. The standard InChI is InChI=1S/C19H23N3O3/c1-25-18(23)7-5-3-2-4-6-10-21-19(24)16-13-22-17-9-8-14(12-20)11-15(16)17/h8-9,11,13,22H,2-7,10H2,1H3,(H,21,24). The molecule has 0 spiro atoms. The molecule has 0 atom stereocenters. The summed E-state index contributed by atoms with van der Waals surface area (Å²) in [6, 6.07) is 7.34. The molecule has 0 saturated carbocycles. The Labute approximate surface area is 147 Å². The van der Waals surface area contributed by atoms with E-state index in [2.05, 4.69) is 21.1 Å². The quantitative estimate of drug-likeness (QED) is 0.540. The number of carbonyl (C=O) groups is 2. The number of carbonyl (C=O) groups excluding carboxylic acids is 2. The lowest BCUT2D eigenvalue weighted by Gasteiger charge is -2.05. The number of benzene rings is 1. The summed E-state index contributed by atoms with van der Waals surface area (Å²) in [6.45, 7) is 0.612. The van der Waals surface area contributed by atoms with Crippen molar-refractivity contribution in [3.05, 3.63) is 35.5 Å². The van der Waals surface area contributed by atoms with Gasteiger partial charge in [-0.3, -0.25) is 9.59 Å². The first kappa shape index (κ1) is 18.5. The van der Waals surface area contributed by atoms with Crippen LogP contribution in [0.25, 0.3) is 10.9 Å². The number of methoxy groups -OCH3 is 1. The Morgan fingerprint density at radius 3 is 2.72 bits per heavy atom. The van der Waals surface area contributed by atoms with Gasteiger partial charge in [0.1, 0.15) is 0 Å². The molecule has 132 valence electrons. The zero-order chi connectivity index (χ0) is 18.1. The van der Waals surface area contributed by atoms with Crippen LogP contribution in [0.1, 0.15) is 54.4 Å². The van der Waals surface area contributed by atoms with Gasteiger partial charge in [0.25, 0.3) is 5.91 Å². The molecule has 2 rings (SSSR count). The first-order valence-electron chi connectivity index (χ1n) is 8.52. The number of H-pyrrole nitrogens is 1. The molecular formula is C19H23N3O3. The van der Waals surface area contributed by atoms with E-state index >= 15 is 0 Å². The maximum Gasteiger partial charge on any atom is 0.305 e. The number of esters is 1. The lowest BCUT2D eigenvalue weighted by molar-refractivity contribution is -0.140. The maximum absolute atomic E-state index is 12.3. The van der Waals surface area contributed by atoms with Gasteiger partial charge >= 0.3 is 5.97 Å². The molecule has 1 amide bonds. The van der Waals surface area contributed by atoms with Crippen molar-refractivity contribution in [3.63, 3.8) is 0 Å². The van der Waals surface area contributed by atoms with Crippen LogP contribution < -0.4 is 5.32 Å². The minimum absolute atomic E-state index is 0.132. The number of nitriles is 1. The largest absolute Gasteiger partial charge is 0.469 e. The van der Waals surface area contributed by atoms with Crippen molar-refractivity contribution < 1.29 is 14.3 Å². The second-order valence-corrected chi connectivity index (χ2v) is 5.92. The zero-order valence-corrected chi connectivity index (χ0v) is 14.4. The molecule has 0 aliphatic carbocycles. The lowest BCUT2D eigenvalue weighted by atomic mass is 10.1. The molecule has 2 aromatic rings. The highest BCUT2D eigenvalue weighted by molar-refractivity contribution is 6.06. The number of aromatic nitrogens is 1. The second kappa shape index (κ2) is 9.48. The summed E-state index contributed by atoms with van der Waals surface area (Å²) in [5.74, 6) is -0.294. The van der Waals surface area contributed by atoms with E-state index in [9.17, 15) is 9.59 Å². The van der Waals surface area contributed by atoms with Gasteiger partial charge in [-0.1, -0.05) is 19.3 Å². The molecule has 0 unspecified atom stereocenters. The summed E-state index contributed by atoms with van der Waals surface area (Å²) < 4.78 is 4.60. The lowest BCUT2D eigenvalue weighted by Crippen LogP contribution is -2.24. The number of hydrogen-bond donors (Lipinski definition) is 2. The molecule has 6 heteroatoms. The predicted molar refractivity (Wildman–Crippen MR) is 95.1 cm³/mol. The number of rotatable bonds is 9. The monoisotopic (exact) mass is 341 g/mol. The number of amides is 1. The molecule has 0 radical (unpaired) electrons. The SMILES string of the molecule is COC(=O)CCCCCCCNC(=O)c1c[nH]c2ccc(C#N)cc12. The summed E-state index contributed by atoms with van der Waals surface area (Å²) >= 11 is 0. The third-order valence-electron chi connectivity index (χ3n) is 4.13. The van der Waals surface area contributed by atoms with E-state index in [0.717, 1.165) is 43.0 Å². The van der Waals surface area contributed by atoms with Gasteiger partial charge in [0.2, 0.25) is 0 Å². The van der Waals surface area contributed by atoms with Crippen LogP contribution in [0.2, 0.25) is 0 Å². The summed E-state index contributed by atoms with van der Waals surface area (Å²) in [4.78, 5) is 26.3. The van der Waals surface area contributed by atoms with E-state index in [0.29, 0.717) is 24.1 Å². The van der Waals surface area contributed by atoms with E-state index in [4.69, 9.17) is 5.26 Å². The molecule has 2 N–H and O–H groups in total. The number of aromatic amines is 1. The molecule has 0 fully saturated rings. The Balaban J connectivity index is 1.71. The van der Waals surface area contributed by atoms with Gasteiger partial charge in [0.15, 0.2) is 0 Å². The topological polar surface area (TPSA) is 95.0 Å². The summed E-state index contributed by atoms with van der Waals surface area (Å²) in [6.07, 6.45) is 6.92. The minimum Gasteiger partial charge on any atom is -0.469 e. The summed E-state index contributed by atoms with van der Waals surface area (Å²) in [5.41, 5.74) is 1.94. The van der Waals surface area contributed by atoms with Gasteiger partial charge < -0.3 is 15.0 Å². The van der Waals surface area contributed by atoms with E-state index in [-0.39, 0.29) is 11.9 Å². The molecule has 1 aromatic heterocycles. The van der Waals surface area contributed by atoms with Gasteiger partial charge in [-0.25, -0.2) is 0 Å². The average Bonchev–Trinajstić information content (AvgIpc) is 3.06. The Hall–Kier alpha value is -2.81. The second-order valence-electron chi connectivity index (χ2n) is 5.92. The normalized spacial score (nSPS) is 10.4. The Kier molecular flexibility index (Phi) is 7.02. The summed E-state index contributed by atoms with van der Waals surface area (Å²) in [5, 5.41) is 12.7. The number of nitrogens with one attached hydrogen (secondary N) is 2. The average molecular weight is 341 g/mol. The van der Waals surface area contributed by atoms with Gasteiger partial charge in [0, 0.05) is 30.1 Å². The maximum atomic E-state index is 12.3. The predicted octanol–water partition coefficient (Wildman–Crippen LogP) is 3.28. The van der Waals surface area contributed by atoms with Crippen molar-refractivity contribution in [2.24, 2.45) is 0 Å². The Morgan fingerprint density at radius 1 is 1.20 bits per heavy atom. The van der Waals surface area contributed by atoms with Gasteiger partial charge in [-0.05, 0) is 31.0 Å². The first-order chi connectivity index (χ1) is 12.2. The van der Waals surface area contributed by atoms with E-state index < -0.39 is 0 Å². The third kappa shape index (κ3) is 5.35. The van der Waals surface area contributed by atoms with Crippen molar-refractivity contribution >= 4 is 22.8 Å². The Bertz CT molecular complexity index is 774. The molecule has 0 bridgehead atoms. The number of nitrogens with zero attached hydrogens (tertiary/aromatic N) is 1. The fraction of sp³-hybridized carbons (Fsp3) is 0.421. The van der Waals surface area contributed by atoms with Crippen molar-refractivity contribution in [1.29, 1.82) is 5.26 Å². The number of hydrogen-bond acceptors (Lipinski definition) is 4. The van der Waals surface area contributed by atoms with Crippen molar-refractivity contribution in [2.75, 3.05) is 13.7 Å². The van der Waals surface area contributed by atoms with Gasteiger partial charge in [0.05, 0.1) is 24.3 Å². The fourth-order valence-electron chi connectivity index (χ4n) is 2.70. The van der Waals surface area contributed by atoms with E-state index in [1.807, 2.05) is 0 Å². The minimum atomic E-state index is -0.162. The van der Waals surface area contributed by atoms with Crippen LogP contribution in [-0.4, -0.2) is 30.5 Å². The van der Waals surface area contributed by atoms with E-state index in [1.165, 1.54) is 7.11 Å². The number of fused-ring (bicyclic) bond motifs is 1. The summed E-state index contributed by atoms with van der Waals surface area (Å²) in [7, 11) is 1.40. The first-order valence-corrected chi connectivity index (χ1v) is 8.52. The fourth-order valence-corrected chi connectivity index (χ4v) is 2.70. The third-order valence-corrected chi connectivity index (χ3v) is 4.13.